The van der Waals surface area contributed by atoms with Crippen LogP contribution in [0, 0.1) is 0 Å². The van der Waals surface area contributed by atoms with Crippen molar-refractivity contribution in [1.29, 1.82) is 0 Å². The molecule has 0 aromatic heterocycles. The van der Waals surface area contributed by atoms with Gasteiger partial charge in [-0.15, -0.1) is 0 Å². The fraction of sp³-hybridized carbons (Fsp3) is 1.00. The number of rotatable bonds is 2. The van der Waals surface area contributed by atoms with Crippen LogP contribution in [0.2, 0.25) is 0 Å². The van der Waals surface area contributed by atoms with Crippen molar-refractivity contribution in [2.75, 3.05) is 19.7 Å². The average molecular weight is 273 g/mol. The number of sulfonamides is 1. The molecule has 3 fully saturated rings. The van der Waals surface area contributed by atoms with Gasteiger partial charge < -0.3 is 4.74 Å². The lowest BCUT2D eigenvalue weighted by Crippen LogP contribution is -2.56. The number of morpholine rings is 1. The Labute approximate surface area is 110 Å². The summed E-state index contributed by atoms with van der Waals surface area (Å²) in [6.07, 6.45) is 7.29. The molecule has 3 rings (SSSR count). The van der Waals surface area contributed by atoms with E-state index >= 15 is 0 Å². The largest absolute Gasteiger partial charge is 0.372 e. The van der Waals surface area contributed by atoms with Gasteiger partial charge in [0.15, 0.2) is 0 Å². The van der Waals surface area contributed by atoms with Gasteiger partial charge in [0.05, 0.1) is 17.0 Å². The fourth-order valence-corrected chi connectivity index (χ4v) is 5.22. The zero-order valence-corrected chi connectivity index (χ0v) is 12.0. The Morgan fingerprint density at radius 2 is 1.72 bits per heavy atom. The summed E-state index contributed by atoms with van der Waals surface area (Å²) < 4.78 is 32.3. The van der Waals surface area contributed by atoms with Crippen LogP contribution in [0.5, 0.6) is 0 Å². The van der Waals surface area contributed by atoms with Crippen LogP contribution in [0.1, 0.15) is 51.9 Å². The van der Waals surface area contributed by atoms with Crippen LogP contribution in [-0.2, 0) is 14.8 Å². The highest BCUT2D eigenvalue weighted by atomic mass is 32.2. The number of nitrogens with zero attached hydrogens (tertiary/aromatic N) is 1. The SMILES string of the molecule is CC1(S(=O)(=O)N2CCOC3(CCCCC3)C2)CC1. The highest BCUT2D eigenvalue weighted by Gasteiger charge is 2.54. The molecule has 5 heteroatoms. The van der Waals surface area contributed by atoms with E-state index in [1.54, 1.807) is 4.31 Å². The van der Waals surface area contributed by atoms with E-state index < -0.39 is 14.8 Å². The van der Waals surface area contributed by atoms with Gasteiger partial charge >= 0.3 is 0 Å². The van der Waals surface area contributed by atoms with Gasteiger partial charge in [-0.3, -0.25) is 0 Å². The molecule has 1 heterocycles. The van der Waals surface area contributed by atoms with Crippen LogP contribution in [0.15, 0.2) is 0 Å². The molecule has 18 heavy (non-hydrogen) atoms. The molecule has 2 aliphatic carbocycles. The van der Waals surface area contributed by atoms with E-state index in [0.717, 1.165) is 25.7 Å². The topological polar surface area (TPSA) is 46.6 Å². The van der Waals surface area contributed by atoms with Crippen LogP contribution in [0.4, 0.5) is 0 Å². The standard InChI is InChI=1S/C13H23NO3S/c1-12(7-8-12)18(15,16)14-9-10-17-13(11-14)5-3-2-4-6-13/h2-11H2,1H3. The monoisotopic (exact) mass is 273 g/mol. The van der Waals surface area contributed by atoms with Gasteiger partial charge in [0.2, 0.25) is 10.0 Å². The van der Waals surface area contributed by atoms with Crippen LogP contribution in [-0.4, -0.2) is 42.8 Å². The van der Waals surface area contributed by atoms with Crippen molar-refractivity contribution in [2.45, 2.75) is 62.2 Å². The molecule has 0 aromatic carbocycles. The van der Waals surface area contributed by atoms with Crippen LogP contribution >= 0.6 is 0 Å². The minimum absolute atomic E-state index is 0.172. The molecule has 0 bridgehead atoms. The lowest BCUT2D eigenvalue weighted by Gasteiger charge is -2.45. The molecular weight excluding hydrogens is 250 g/mol. The molecule has 1 spiro atoms. The molecule has 0 radical (unpaired) electrons. The van der Waals surface area contributed by atoms with E-state index in [1.165, 1.54) is 19.3 Å². The van der Waals surface area contributed by atoms with E-state index in [1.807, 2.05) is 6.92 Å². The second-order valence-corrected chi connectivity index (χ2v) is 8.83. The number of hydrogen-bond acceptors (Lipinski definition) is 3. The number of ether oxygens (including phenoxy) is 1. The maximum absolute atomic E-state index is 12.6. The van der Waals surface area contributed by atoms with Gasteiger partial charge in [-0.25, -0.2) is 8.42 Å². The first-order valence-corrected chi connectivity index (χ1v) is 8.55. The first-order chi connectivity index (χ1) is 8.48. The predicted octanol–water partition coefficient (Wildman–Crippen LogP) is 1.90. The molecule has 0 N–H and O–H groups in total. The molecule has 0 atom stereocenters. The first-order valence-electron chi connectivity index (χ1n) is 7.11. The van der Waals surface area contributed by atoms with Crippen molar-refractivity contribution in [1.82, 2.24) is 4.31 Å². The van der Waals surface area contributed by atoms with Crippen molar-refractivity contribution < 1.29 is 13.2 Å². The van der Waals surface area contributed by atoms with Crippen molar-refractivity contribution >= 4 is 10.0 Å². The van der Waals surface area contributed by atoms with Crippen LogP contribution in [0.25, 0.3) is 0 Å². The highest BCUT2D eigenvalue weighted by molar-refractivity contribution is 7.90. The summed E-state index contributed by atoms with van der Waals surface area (Å²) in [5.41, 5.74) is -0.172. The zero-order chi connectivity index (χ0) is 12.9. The average Bonchev–Trinajstić information content (AvgIpc) is 3.10. The highest BCUT2D eigenvalue weighted by Crippen LogP contribution is 2.46. The summed E-state index contributed by atoms with van der Waals surface area (Å²) in [5, 5.41) is 0. The Hall–Kier alpha value is -0.130. The van der Waals surface area contributed by atoms with Crippen molar-refractivity contribution in [3.8, 4) is 0 Å². The zero-order valence-electron chi connectivity index (χ0n) is 11.2. The van der Waals surface area contributed by atoms with Gasteiger partial charge in [-0.05, 0) is 32.6 Å². The Morgan fingerprint density at radius 3 is 2.33 bits per heavy atom. The minimum atomic E-state index is -3.11. The van der Waals surface area contributed by atoms with Crippen LogP contribution in [0.3, 0.4) is 0 Å². The Morgan fingerprint density at radius 1 is 1.06 bits per heavy atom. The molecule has 4 nitrogen and oxygen atoms in total. The van der Waals surface area contributed by atoms with Gasteiger partial charge in [0.25, 0.3) is 0 Å². The maximum Gasteiger partial charge on any atom is 0.219 e. The molecule has 3 aliphatic rings. The van der Waals surface area contributed by atoms with Gasteiger partial charge in [-0.2, -0.15) is 4.31 Å². The third kappa shape index (κ3) is 2.00. The van der Waals surface area contributed by atoms with Crippen molar-refractivity contribution in [3.63, 3.8) is 0 Å². The Bertz CT molecular complexity index is 416. The van der Waals surface area contributed by atoms with Gasteiger partial charge in [0, 0.05) is 13.1 Å². The third-order valence-corrected chi connectivity index (χ3v) is 7.54. The molecular formula is C13H23NO3S. The van der Waals surface area contributed by atoms with Crippen molar-refractivity contribution in [3.05, 3.63) is 0 Å². The summed E-state index contributed by atoms with van der Waals surface area (Å²) in [4.78, 5) is 0. The number of hydrogen-bond donors (Lipinski definition) is 0. The Kier molecular flexibility index (Phi) is 2.99. The Balaban J connectivity index is 1.78. The second-order valence-electron chi connectivity index (χ2n) is 6.38. The maximum atomic E-state index is 12.6. The molecule has 2 saturated carbocycles. The van der Waals surface area contributed by atoms with E-state index in [9.17, 15) is 8.42 Å². The molecule has 0 aromatic rings. The molecule has 1 saturated heterocycles. The summed E-state index contributed by atoms with van der Waals surface area (Å²) in [5.74, 6) is 0. The molecule has 0 unspecified atom stereocenters. The van der Waals surface area contributed by atoms with Crippen LogP contribution < -0.4 is 0 Å². The van der Waals surface area contributed by atoms with E-state index in [-0.39, 0.29) is 5.60 Å². The second kappa shape index (κ2) is 4.18. The minimum Gasteiger partial charge on any atom is -0.372 e. The van der Waals surface area contributed by atoms with E-state index in [2.05, 4.69) is 0 Å². The normalized spacial score (nSPS) is 31.4. The lowest BCUT2D eigenvalue weighted by molar-refractivity contribution is -0.109. The lowest BCUT2D eigenvalue weighted by atomic mass is 9.84. The summed E-state index contributed by atoms with van der Waals surface area (Å²) in [6, 6.07) is 0. The third-order valence-electron chi connectivity index (χ3n) is 4.90. The summed E-state index contributed by atoms with van der Waals surface area (Å²) >= 11 is 0. The van der Waals surface area contributed by atoms with E-state index in [0.29, 0.717) is 19.7 Å². The quantitative estimate of drug-likeness (QED) is 0.772. The molecule has 1 aliphatic heterocycles. The fourth-order valence-electron chi connectivity index (χ4n) is 3.26. The summed E-state index contributed by atoms with van der Waals surface area (Å²) in [6.45, 7) is 3.57. The van der Waals surface area contributed by atoms with Gasteiger partial charge in [-0.1, -0.05) is 19.3 Å². The predicted molar refractivity (Wildman–Crippen MR) is 69.9 cm³/mol. The van der Waals surface area contributed by atoms with E-state index in [4.69, 9.17) is 4.74 Å². The molecule has 104 valence electrons. The summed E-state index contributed by atoms with van der Waals surface area (Å²) in [7, 11) is -3.11. The van der Waals surface area contributed by atoms with Crippen molar-refractivity contribution in [2.24, 2.45) is 0 Å². The smallest absolute Gasteiger partial charge is 0.219 e. The molecule has 0 amide bonds. The first kappa shape index (κ1) is 12.9. The van der Waals surface area contributed by atoms with Gasteiger partial charge in [0.1, 0.15) is 0 Å².